The maximum Gasteiger partial charge on any atom is 0.165 e. The van der Waals surface area contributed by atoms with Crippen LogP contribution in [0.4, 0.5) is 5.69 Å². The van der Waals surface area contributed by atoms with Gasteiger partial charge in [-0.3, -0.25) is 0 Å². The van der Waals surface area contributed by atoms with E-state index in [1.165, 1.54) is 0 Å². The van der Waals surface area contributed by atoms with Crippen molar-refractivity contribution in [1.29, 1.82) is 0 Å². The molecular formula is C20H19Cl2NO2. The molecule has 25 heavy (non-hydrogen) atoms. The van der Waals surface area contributed by atoms with Gasteiger partial charge in [-0.1, -0.05) is 47.5 Å². The van der Waals surface area contributed by atoms with Gasteiger partial charge in [-0.05, 0) is 30.5 Å². The zero-order valence-corrected chi connectivity index (χ0v) is 15.6. The number of para-hydroxylation sites is 1. The summed E-state index contributed by atoms with van der Waals surface area (Å²) in [6.45, 7) is 0. The van der Waals surface area contributed by atoms with E-state index in [0.717, 1.165) is 34.7 Å². The minimum absolute atomic E-state index is 0.0899. The lowest BCUT2D eigenvalue weighted by Crippen LogP contribution is -2.29. The second kappa shape index (κ2) is 6.47. The van der Waals surface area contributed by atoms with Gasteiger partial charge < -0.3 is 14.8 Å². The minimum atomic E-state index is 0.0899. The van der Waals surface area contributed by atoms with E-state index in [4.69, 9.17) is 32.7 Å². The van der Waals surface area contributed by atoms with E-state index in [-0.39, 0.29) is 12.0 Å². The van der Waals surface area contributed by atoms with E-state index in [1.54, 1.807) is 14.2 Å². The van der Waals surface area contributed by atoms with Gasteiger partial charge in [-0.25, -0.2) is 0 Å². The summed E-state index contributed by atoms with van der Waals surface area (Å²) in [4.78, 5) is 0. The Morgan fingerprint density at radius 2 is 1.96 bits per heavy atom. The smallest absolute Gasteiger partial charge is 0.165 e. The maximum atomic E-state index is 6.51. The van der Waals surface area contributed by atoms with Crippen LogP contribution in [0.2, 0.25) is 10.0 Å². The molecule has 0 spiro atoms. The van der Waals surface area contributed by atoms with Crippen LogP contribution >= 0.6 is 23.2 Å². The number of anilines is 1. The van der Waals surface area contributed by atoms with Crippen molar-refractivity contribution in [1.82, 2.24) is 0 Å². The van der Waals surface area contributed by atoms with E-state index >= 15 is 0 Å². The van der Waals surface area contributed by atoms with Gasteiger partial charge in [0.2, 0.25) is 0 Å². The van der Waals surface area contributed by atoms with Crippen molar-refractivity contribution < 1.29 is 9.47 Å². The van der Waals surface area contributed by atoms with Crippen LogP contribution in [0, 0.1) is 5.92 Å². The summed E-state index contributed by atoms with van der Waals surface area (Å²) in [7, 11) is 3.33. The molecule has 1 N–H and O–H groups in total. The summed E-state index contributed by atoms with van der Waals surface area (Å²) in [5, 5.41) is 5.00. The number of hydrogen-bond acceptors (Lipinski definition) is 3. The lowest BCUT2D eigenvalue weighted by Gasteiger charge is -2.38. The molecule has 0 fully saturated rings. The Morgan fingerprint density at radius 3 is 2.72 bits per heavy atom. The SMILES string of the molecule is COc1cccc([C@@H]2Nc3cc(Cl)cc(Cl)c3[C@H]3C=CC[C@@H]32)c1OC. The van der Waals surface area contributed by atoms with Gasteiger partial charge in [-0.15, -0.1) is 0 Å². The number of methoxy groups -OCH3 is 2. The largest absolute Gasteiger partial charge is 0.493 e. The van der Waals surface area contributed by atoms with Gasteiger partial charge in [0.1, 0.15) is 0 Å². The number of allylic oxidation sites excluding steroid dienone is 2. The summed E-state index contributed by atoms with van der Waals surface area (Å²) in [5.74, 6) is 2.14. The van der Waals surface area contributed by atoms with Crippen LogP contribution in [-0.4, -0.2) is 14.2 Å². The molecule has 130 valence electrons. The fraction of sp³-hybridized carbons (Fsp3) is 0.300. The summed E-state index contributed by atoms with van der Waals surface area (Å²) >= 11 is 12.7. The molecule has 0 bridgehead atoms. The van der Waals surface area contributed by atoms with Crippen LogP contribution in [-0.2, 0) is 0 Å². The number of benzene rings is 2. The molecule has 2 aromatic carbocycles. The summed E-state index contributed by atoms with van der Waals surface area (Å²) in [6, 6.07) is 9.86. The van der Waals surface area contributed by atoms with E-state index < -0.39 is 0 Å². The monoisotopic (exact) mass is 375 g/mol. The number of halogens is 2. The normalized spacial score (nSPS) is 23.6. The van der Waals surface area contributed by atoms with Crippen LogP contribution in [0.25, 0.3) is 0 Å². The van der Waals surface area contributed by atoms with Gasteiger partial charge in [0.25, 0.3) is 0 Å². The minimum Gasteiger partial charge on any atom is -0.493 e. The lowest BCUT2D eigenvalue weighted by atomic mass is 9.76. The zero-order chi connectivity index (χ0) is 17.6. The third kappa shape index (κ3) is 2.66. The number of ether oxygens (including phenoxy) is 2. The summed E-state index contributed by atoms with van der Waals surface area (Å²) in [5.41, 5.74) is 3.20. The number of fused-ring (bicyclic) bond motifs is 3. The summed E-state index contributed by atoms with van der Waals surface area (Å²) in [6.07, 6.45) is 5.47. The van der Waals surface area contributed by atoms with Crippen LogP contribution in [0.1, 0.15) is 29.5 Å². The molecule has 1 aliphatic heterocycles. The zero-order valence-electron chi connectivity index (χ0n) is 14.1. The van der Waals surface area contributed by atoms with Gasteiger partial charge in [0.05, 0.1) is 20.3 Å². The molecule has 0 saturated heterocycles. The first-order valence-electron chi connectivity index (χ1n) is 8.27. The molecule has 0 radical (unpaired) electrons. The van der Waals surface area contributed by atoms with Crippen molar-refractivity contribution in [3.05, 3.63) is 63.7 Å². The van der Waals surface area contributed by atoms with Crippen LogP contribution in [0.5, 0.6) is 11.5 Å². The number of nitrogens with one attached hydrogen (secondary N) is 1. The van der Waals surface area contributed by atoms with Crippen LogP contribution in [0.15, 0.2) is 42.5 Å². The highest BCUT2D eigenvalue weighted by Crippen LogP contribution is 2.54. The van der Waals surface area contributed by atoms with Crippen molar-refractivity contribution in [2.75, 3.05) is 19.5 Å². The highest BCUT2D eigenvalue weighted by atomic mass is 35.5. The number of hydrogen-bond donors (Lipinski definition) is 1. The van der Waals surface area contributed by atoms with Gasteiger partial charge in [0.15, 0.2) is 11.5 Å². The Bertz CT molecular complexity index is 850. The molecule has 2 aliphatic rings. The Hall–Kier alpha value is -1.84. The average molecular weight is 376 g/mol. The molecule has 4 rings (SSSR count). The van der Waals surface area contributed by atoms with E-state index in [9.17, 15) is 0 Å². The second-order valence-corrected chi connectivity index (χ2v) is 7.25. The fourth-order valence-electron chi connectivity index (χ4n) is 4.11. The Morgan fingerprint density at radius 1 is 1.12 bits per heavy atom. The lowest BCUT2D eigenvalue weighted by molar-refractivity contribution is 0.341. The predicted octanol–water partition coefficient (Wildman–Crippen LogP) is 5.84. The topological polar surface area (TPSA) is 30.5 Å². The maximum absolute atomic E-state index is 6.51. The third-order valence-corrected chi connectivity index (χ3v) is 5.68. The van der Waals surface area contributed by atoms with E-state index in [2.05, 4.69) is 23.5 Å². The first-order chi connectivity index (χ1) is 12.1. The molecule has 3 nitrogen and oxygen atoms in total. The number of rotatable bonds is 3. The van der Waals surface area contributed by atoms with Crippen molar-refractivity contribution in [2.24, 2.45) is 5.92 Å². The van der Waals surface area contributed by atoms with Crippen LogP contribution in [0.3, 0.4) is 0 Å². The fourth-order valence-corrected chi connectivity index (χ4v) is 4.73. The molecule has 0 saturated carbocycles. The van der Waals surface area contributed by atoms with E-state index in [0.29, 0.717) is 16.0 Å². The van der Waals surface area contributed by atoms with Crippen molar-refractivity contribution in [3.8, 4) is 11.5 Å². The first-order valence-corrected chi connectivity index (χ1v) is 9.02. The Kier molecular flexibility index (Phi) is 4.30. The summed E-state index contributed by atoms with van der Waals surface area (Å²) < 4.78 is 11.1. The first kappa shape index (κ1) is 16.6. The highest BCUT2D eigenvalue weighted by molar-refractivity contribution is 6.35. The molecule has 1 heterocycles. The second-order valence-electron chi connectivity index (χ2n) is 6.41. The average Bonchev–Trinajstić information content (AvgIpc) is 3.09. The quantitative estimate of drug-likeness (QED) is 0.683. The third-order valence-electron chi connectivity index (χ3n) is 5.15. The molecule has 3 atom stereocenters. The van der Waals surface area contributed by atoms with Gasteiger partial charge in [-0.2, -0.15) is 0 Å². The van der Waals surface area contributed by atoms with Crippen molar-refractivity contribution >= 4 is 28.9 Å². The highest BCUT2D eigenvalue weighted by Gasteiger charge is 2.40. The molecule has 0 amide bonds. The predicted molar refractivity (Wildman–Crippen MR) is 102 cm³/mol. The molecule has 1 aliphatic carbocycles. The van der Waals surface area contributed by atoms with E-state index in [1.807, 2.05) is 24.3 Å². The molecule has 5 heteroatoms. The van der Waals surface area contributed by atoms with Crippen LogP contribution < -0.4 is 14.8 Å². The molecule has 2 aromatic rings. The van der Waals surface area contributed by atoms with Crippen molar-refractivity contribution in [3.63, 3.8) is 0 Å². The Balaban J connectivity index is 1.85. The van der Waals surface area contributed by atoms with Crippen molar-refractivity contribution in [2.45, 2.75) is 18.4 Å². The molecule has 0 aromatic heterocycles. The standard InChI is InChI=1S/C20H19Cl2NO2/c1-24-17-8-4-7-14(20(17)25-2)19-13-6-3-5-12(13)18-15(22)9-11(21)10-16(18)23-19/h3-5,7-10,12-13,19,23H,6H2,1-2H3/t12-,13-,19+/m0/s1. The van der Waals surface area contributed by atoms with Gasteiger partial charge >= 0.3 is 0 Å². The molecule has 0 unspecified atom stereocenters. The van der Waals surface area contributed by atoms with Gasteiger partial charge in [0, 0.05) is 32.8 Å². The Labute approximate surface area is 157 Å². The molecular weight excluding hydrogens is 357 g/mol.